The van der Waals surface area contributed by atoms with Crippen LogP contribution in [0.4, 0.5) is 0 Å². The normalized spacial score (nSPS) is 39.8. The summed E-state index contributed by atoms with van der Waals surface area (Å²) in [6.07, 6.45) is 3.51. The van der Waals surface area contributed by atoms with Gasteiger partial charge in [-0.05, 0) is 42.8 Å². The van der Waals surface area contributed by atoms with E-state index >= 15 is 0 Å². The molecule has 4 nitrogen and oxygen atoms in total. The van der Waals surface area contributed by atoms with Crippen LogP contribution in [0.15, 0.2) is 0 Å². The standard InChI is InChI=1S/C21H40O4Si/c1-18(2,3)26(7,8)25-16-10-9-15(22)17-19(4,5)21(23-13-14-24-21)12-11-20(16,17)6/h15-17,22H,9-14H2,1-8H3/t15-,16-,17-,20+/m0/s1. The second-order valence-electron chi connectivity index (χ2n) is 11.2. The first kappa shape index (κ1) is 20.8. The molecule has 0 aromatic rings. The van der Waals surface area contributed by atoms with E-state index in [0.29, 0.717) is 13.2 Å². The van der Waals surface area contributed by atoms with E-state index < -0.39 is 14.1 Å². The minimum Gasteiger partial charge on any atom is -0.413 e. The van der Waals surface area contributed by atoms with Crippen LogP contribution >= 0.6 is 0 Å². The van der Waals surface area contributed by atoms with Crippen molar-refractivity contribution in [1.29, 1.82) is 0 Å². The number of fused-ring (bicyclic) bond motifs is 1. The third kappa shape index (κ3) is 2.93. The highest BCUT2D eigenvalue weighted by Crippen LogP contribution is 2.64. The summed E-state index contributed by atoms with van der Waals surface area (Å²) in [7, 11) is -1.87. The quantitative estimate of drug-likeness (QED) is 0.700. The van der Waals surface area contributed by atoms with Crippen molar-refractivity contribution in [2.24, 2.45) is 16.7 Å². The number of aliphatic hydroxyl groups is 1. The molecule has 4 atom stereocenters. The van der Waals surface area contributed by atoms with Gasteiger partial charge in [-0.15, -0.1) is 0 Å². The lowest BCUT2D eigenvalue weighted by Crippen LogP contribution is -2.67. The Hall–Kier alpha value is 0.0569. The molecule has 0 amide bonds. The van der Waals surface area contributed by atoms with Crippen LogP contribution in [-0.2, 0) is 13.9 Å². The van der Waals surface area contributed by atoms with Crippen molar-refractivity contribution in [3.63, 3.8) is 0 Å². The van der Waals surface area contributed by atoms with Gasteiger partial charge < -0.3 is 19.0 Å². The summed E-state index contributed by atoms with van der Waals surface area (Å²) >= 11 is 0. The highest BCUT2D eigenvalue weighted by atomic mass is 28.4. The average molecular weight is 385 g/mol. The van der Waals surface area contributed by atoms with Crippen LogP contribution in [0.3, 0.4) is 0 Å². The second kappa shape index (κ2) is 6.28. The van der Waals surface area contributed by atoms with E-state index in [1.807, 2.05) is 0 Å². The van der Waals surface area contributed by atoms with Crippen LogP contribution in [0, 0.1) is 16.7 Å². The topological polar surface area (TPSA) is 47.9 Å². The van der Waals surface area contributed by atoms with Gasteiger partial charge in [-0.1, -0.05) is 41.5 Å². The van der Waals surface area contributed by atoms with Crippen LogP contribution in [0.2, 0.25) is 18.1 Å². The largest absolute Gasteiger partial charge is 0.413 e. The highest BCUT2D eigenvalue weighted by molar-refractivity contribution is 6.74. The van der Waals surface area contributed by atoms with Gasteiger partial charge in [0.05, 0.1) is 25.4 Å². The van der Waals surface area contributed by atoms with Crippen molar-refractivity contribution in [3.05, 3.63) is 0 Å². The second-order valence-corrected chi connectivity index (χ2v) is 15.9. The third-order valence-corrected chi connectivity index (χ3v) is 12.8. The Labute approximate surface area is 161 Å². The summed E-state index contributed by atoms with van der Waals surface area (Å²) in [4.78, 5) is 0. The highest BCUT2D eigenvalue weighted by Gasteiger charge is 2.67. The van der Waals surface area contributed by atoms with Gasteiger partial charge in [0.1, 0.15) is 0 Å². The molecular weight excluding hydrogens is 344 g/mol. The minimum atomic E-state index is -1.87. The van der Waals surface area contributed by atoms with Gasteiger partial charge in [0.25, 0.3) is 0 Å². The molecule has 1 spiro atoms. The first-order valence-corrected chi connectivity index (χ1v) is 13.3. The molecule has 1 aliphatic heterocycles. The summed E-state index contributed by atoms with van der Waals surface area (Å²) < 4.78 is 19.3. The fourth-order valence-electron chi connectivity index (χ4n) is 5.77. The minimum absolute atomic E-state index is 0.0444. The summed E-state index contributed by atoms with van der Waals surface area (Å²) in [5, 5.41) is 11.3. The lowest BCUT2D eigenvalue weighted by atomic mass is 9.48. The van der Waals surface area contributed by atoms with Crippen molar-refractivity contribution < 1.29 is 19.0 Å². The Morgan fingerprint density at radius 1 is 1.00 bits per heavy atom. The van der Waals surface area contributed by atoms with E-state index in [1.54, 1.807) is 0 Å². The molecule has 0 unspecified atom stereocenters. The average Bonchev–Trinajstić information content (AvgIpc) is 2.96. The van der Waals surface area contributed by atoms with Crippen molar-refractivity contribution in [2.75, 3.05) is 13.2 Å². The summed E-state index contributed by atoms with van der Waals surface area (Å²) in [5.74, 6) is -0.429. The summed E-state index contributed by atoms with van der Waals surface area (Å²) in [6, 6.07) is 0. The van der Waals surface area contributed by atoms with Gasteiger partial charge in [-0.3, -0.25) is 0 Å². The molecule has 3 aliphatic rings. The molecule has 1 N–H and O–H groups in total. The van der Waals surface area contributed by atoms with Crippen molar-refractivity contribution in [3.8, 4) is 0 Å². The molecule has 1 saturated heterocycles. The van der Waals surface area contributed by atoms with Crippen molar-refractivity contribution in [2.45, 2.75) is 103 Å². The Kier molecular flexibility index (Phi) is 5.02. The van der Waals surface area contributed by atoms with Crippen LogP contribution < -0.4 is 0 Å². The molecular formula is C21H40O4Si. The van der Waals surface area contributed by atoms with Gasteiger partial charge in [-0.2, -0.15) is 0 Å². The van der Waals surface area contributed by atoms with E-state index in [-0.39, 0.29) is 34.0 Å². The van der Waals surface area contributed by atoms with E-state index in [2.05, 4.69) is 54.6 Å². The molecule has 2 aliphatic carbocycles. The first-order chi connectivity index (χ1) is 11.8. The monoisotopic (exact) mass is 384 g/mol. The molecule has 0 aromatic heterocycles. The van der Waals surface area contributed by atoms with E-state index in [4.69, 9.17) is 13.9 Å². The van der Waals surface area contributed by atoms with Crippen molar-refractivity contribution in [1.82, 2.24) is 0 Å². The zero-order chi connectivity index (χ0) is 19.6. The molecule has 152 valence electrons. The number of hydrogen-bond donors (Lipinski definition) is 1. The van der Waals surface area contributed by atoms with Crippen LogP contribution in [0.5, 0.6) is 0 Å². The zero-order valence-corrected chi connectivity index (χ0v) is 19.1. The van der Waals surface area contributed by atoms with Gasteiger partial charge in [0, 0.05) is 17.8 Å². The molecule has 5 heteroatoms. The van der Waals surface area contributed by atoms with Crippen molar-refractivity contribution >= 4 is 8.32 Å². The fraction of sp³-hybridized carbons (Fsp3) is 1.00. The number of ether oxygens (including phenoxy) is 2. The van der Waals surface area contributed by atoms with Crippen LogP contribution in [-0.4, -0.2) is 44.6 Å². The Bertz CT molecular complexity index is 533. The van der Waals surface area contributed by atoms with Gasteiger partial charge in [-0.25, -0.2) is 0 Å². The third-order valence-electron chi connectivity index (χ3n) is 8.30. The molecule has 0 radical (unpaired) electrons. The smallest absolute Gasteiger partial charge is 0.192 e. The Morgan fingerprint density at radius 2 is 1.58 bits per heavy atom. The van der Waals surface area contributed by atoms with E-state index in [0.717, 1.165) is 25.7 Å². The number of rotatable bonds is 2. The maximum atomic E-state index is 11.1. The van der Waals surface area contributed by atoms with E-state index in [9.17, 15) is 5.11 Å². The molecule has 3 fully saturated rings. The molecule has 26 heavy (non-hydrogen) atoms. The van der Waals surface area contributed by atoms with E-state index in [1.165, 1.54) is 0 Å². The van der Waals surface area contributed by atoms with Crippen LogP contribution in [0.25, 0.3) is 0 Å². The van der Waals surface area contributed by atoms with Gasteiger partial charge in [0.15, 0.2) is 14.1 Å². The number of aliphatic hydroxyl groups excluding tert-OH is 1. The summed E-state index contributed by atoms with van der Waals surface area (Å²) in [5.41, 5.74) is -0.289. The zero-order valence-electron chi connectivity index (χ0n) is 18.1. The summed E-state index contributed by atoms with van der Waals surface area (Å²) in [6.45, 7) is 19.7. The van der Waals surface area contributed by atoms with Gasteiger partial charge in [0.2, 0.25) is 0 Å². The molecule has 0 bridgehead atoms. The fourth-order valence-corrected chi connectivity index (χ4v) is 7.22. The predicted octanol–water partition coefficient (Wildman–Crippen LogP) is 4.72. The lowest BCUT2D eigenvalue weighted by Gasteiger charge is -2.64. The maximum Gasteiger partial charge on any atom is 0.192 e. The van der Waals surface area contributed by atoms with Gasteiger partial charge >= 0.3 is 0 Å². The maximum absolute atomic E-state index is 11.1. The molecule has 0 aromatic carbocycles. The Morgan fingerprint density at radius 3 is 2.12 bits per heavy atom. The Balaban J connectivity index is 1.94. The molecule has 3 rings (SSSR count). The lowest BCUT2D eigenvalue weighted by molar-refractivity contribution is -0.310. The van der Waals surface area contributed by atoms with Crippen LogP contribution in [0.1, 0.15) is 67.2 Å². The predicted molar refractivity (Wildman–Crippen MR) is 107 cm³/mol. The SMILES string of the molecule is CC1(C)[C@@H]2[C@@H](O)CC[C@H](O[Si](C)(C)C(C)(C)C)[C@@]2(C)CCC12OCCO2. The molecule has 1 heterocycles. The molecule has 2 saturated carbocycles. The number of hydrogen-bond acceptors (Lipinski definition) is 4. The first-order valence-electron chi connectivity index (χ1n) is 10.4.